The van der Waals surface area contributed by atoms with Gasteiger partial charge in [0, 0.05) is 11.6 Å². The molecule has 0 aliphatic carbocycles. The minimum Gasteiger partial charge on any atom is -0.406 e. The molecule has 6 heteroatoms. The van der Waals surface area contributed by atoms with Crippen LogP contribution >= 0.6 is 0 Å². The van der Waals surface area contributed by atoms with Crippen molar-refractivity contribution in [3.63, 3.8) is 0 Å². The van der Waals surface area contributed by atoms with Crippen molar-refractivity contribution in [2.24, 2.45) is 0 Å². The van der Waals surface area contributed by atoms with Gasteiger partial charge < -0.3 is 10.5 Å². The number of benzene rings is 1. The van der Waals surface area contributed by atoms with Crippen LogP contribution in [0.25, 0.3) is 0 Å². The molecule has 84 valence electrons. The van der Waals surface area contributed by atoms with Gasteiger partial charge in [-0.3, -0.25) is 4.79 Å². The van der Waals surface area contributed by atoms with Crippen molar-refractivity contribution in [3.8, 4) is 17.6 Å². The average Bonchev–Trinajstić information content (AvgIpc) is 2.14. The van der Waals surface area contributed by atoms with Gasteiger partial charge in [0.1, 0.15) is 5.75 Å². The van der Waals surface area contributed by atoms with Gasteiger partial charge in [0.05, 0.1) is 5.69 Å². The molecule has 0 aliphatic heterocycles. The molecule has 0 radical (unpaired) electrons. The number of alkyl halides is 3. The molecule has 0 aromatic heterocycles. The molecule has 1 aromatic rings. The van der Waals surface area contributed by atoms with Gasteiger partial charge in [-0.2, -0.15) is 0 Å². The fraction of sp³-hybridized carbons (Fsp3) is 0.100. The first-order valence-electron chi connectivity index (χ1n) is 4.03. The predicted molar refractivity (Wildman–Crippen MR) is 50.5 cm³/mol. The molecule has 0 bridgehead atoms. The van der Waals surface area contributed by atoms with Crippen molar-refractivity contribution in [2.45, 2.75) is 6.36 Å². The Morgan fingerprint density at radius 2 is 2.06 bits per heavy atom. The Morgan fingerprint density at radius 3 is 2.56 bits per heavy atom. The quantitative estimate of drug-likeness (QED) is 0.453. The number of hydrogen-bond acceptors (Lipinski definition) is 3. The highest BCUT2D eigenvalue weighted by Crippen LogP contribution is 2.25. The van der Waals surface area contributed by atoms with Gasteiger partial charge in [0.2, 0.25) is 0 Å². The maximum atomic E-state index is 11.8. The van der Waals surface area contributed by atoms with E-state index in [1.807, 2.05) is 0 Å². The number of aldehydes is 1. The Labute approximate surface area is 89.0 Å². The lowest BCUT2D eigenvalue weighted by atomic mass is 10.2. The smallest absolute Gasteiger partial charge is 0.406 e. The lowest BCUT2D eigenvalue weighted by molar-refractivity contribution is -0.274. The van der Waals surface area contributed by atoms with E-state index in [0.717, 1.165) is 12.1 Å². The van der Waals surface area contributed by atoms with Gasteiger partial charge in [-0.1, -0.05) is 5.92 Å². The summed E-state index contributed by atoms with van der Waals surface area (Å²) in [7, 11) is 0. The van der Waals surface area contributed by atoms with Crippen molar-refractivity contribution in [2.75, 3.05) is 5.73 Å². The second kappa shape index (κ2) is 4.57. The Morgan fingerprint density at radius 1 is 1.38 bits per heavy atom. The minimum absolute atomic E-state index is 0.0103. The monoisotopic (exact) mass is 229 g/mol. The van der Waals surface area contributed by atoms with Gasteiger partial charge in [-0.25, -0.2) is 0 Å². The number of carbonyl (C=O) groups excluding carboxylic acids is 1. The van der Waals surface area contributed by atoms with E-state index in [2.05, 4.69) is 16.6 Å². The molecule has 0 atom stereocenters. The number of hydrogen-bond donors (Lipinski definition) is 1. The summed E-state index contributed by atoms with van der Waals surface area (Å²) in [5, 5.41) is 0. The first-order chi connectivity index (χ1) is 7.42. The van der Waals surface area contributed by atoms with E-state index in [0.29, 0.717) is 6.29 Å². The van der Waals surface area contributed by atoms with Crippen molar-refractivity contribution in [1.29, 1.82) is 0 Å². The molecule has 1 rings (SSSR count). The van der Waals surface area contributed by atoms with Crippen molar-refractivity contribution in [1.82, 2.24) is 0 Å². The molecular formula is C10H6F3NO2. The van der Waals surface area contributed by atoms with Gasteiger partial charge in [-0.05, 0) is 18.1 Å². The van der Waals surface area contributed by atoms with Gasteiger partial charge in [0.25, 0.3) is 0 Å². The van der Waals surface area contributed by atoms with Crippen molar-refractivity contribution >= 4 is 12.0 Å². The van der Waals surface area contributed by atoms with Crippen molar-refractivity contribution in [3.05, 3.63) is 23.8 Å². The Balaban J connectivity index is 2.95. The maximum absolute atomic E-state index is 11.8. The molecule has 0 saturated heterocycles. The highest BCUT2D eigenvalue weighted by molar-refractivity contribution is 5.75. The summed E-state index contributed by atoms with van der Waals surface area (Å²) in [5.74, 6) is 4.04. The normalized spacial score (nSPS) is 10.2. The average molecular weight is 229 g/mol. The summed E-state index contributed by atoms with van der Waals surface area (Å²) in [6.07, 6.45) is -4.40. The number of nitrogen functional groups attached to an aromatic ring is 1. The first kappa shape index (κ1) is 11.9. The molecule has 0 spiro atoms. The molecule has 0 heterocycles. The highest BCUT2D eigenvalue weighted by Gasteiger charge is 2.31. The molecule has 0 fully saturated rings. The maximum Gasteiger partial charge on any atom is 0.573 e. The summed E-state index contributed by atoms with van der Waals surface area (Å²) in [6, 6.07) is 3.30. The van der Waals surface area contributed by atoms with E-state index in [-0.39, 0.29) is 11.3 Å². The number of nitrogens with two attached hydrogens (primary N) is 1. The zero-order valence-electron chi connectivity index (χ0n) is 7.84. The standard InChI is InChI=1S/C10H6F3NO2/c11-10(12,13)16-8-4-3-7(2-1-5-15)9(14)6-8/h3-6H,14H2. The lowest BCUT2D eigenvalue weighted by Crippen LogP contribution is -2.17. The van der Waals surface area contributed by atoms with Crippen molar-refractivity contribution < 1.29 is 22.7 Å². The number of ether oxygens (including phenoxy) is 1. The minimum atomic E-state index is -4.76. The number of halogens is 3. The van der Waals surface area contributed by atoms with Gasteiger partial charge >= 0.3 is 6.36 Å². The molecule has 0 saturated carbocycles. The van der Waals surface area contributed by atoms with Crippen LogP contribution in [0, 0.1) is 11.8 Å². The third-order valence-corrected chi connectivity index (χ3v) is 1.52. The van der Waals surface area contributed by atoms with E-state index >= 15 is 0 Å². The third-order valence-electron chi connectivity index (χ3n) is 1.52. The molecule has 2 N–H and O–H groups in total. The van der Waals surface area contributed by atoms with E-state index in [1.165, 1.54) is 6.07 Å². The molecule has 0 aliphatic rings. The van der Waals surface area contributed by atoms with E-state index in [9.17, 15) is 18.0 Å². The van der Waals surface area contributed by atoms with Crippen LogP contribution in [0.15, 0.2) is 18.2 Å². The van der Waals surface area contributed by atoms with Gasteiger partial charge in [-0.15, -0.1) is 13.2 Å². The first-order valence-corrected chi connectivity index (χ1v) is 4.03. The van der Waals surface area contributed by atoms with Crippen LogP contribution in [-0.2, 0) is 4.79 Å². The Kier molecular flexibility index (Phi) is 3.40. The number of rotatable bonds is 1. The Hall–Kier alpha value is -2.16. The summed E-state index contributed by atoms with van der Waals surface area (Å²) < 4.78 is 39.2. The van der Waals surface area contributed by atoms with Crippen LogP contribution in [0.3, 0.4) is 0 Å². The molecule has 3 nitrogen and oxygen atoms in total. The van der Waals surface area contributed by atoms with Crippen LogP contribution < -0.4 is 10.5 Å². The Bertz CT molecular complexity index is 457. The topological polar surface area (TPSA) is 52.3 Å². The van der Waals surface area contributed by atoms with E-state index < -0.39 is 12.1 Å². The van der Waals surface area contributed by atoms with Crippen LogP contribution in [0.4, 0.5) is 18.9 Å². The fourth-order valence-corrected chi connectivity index (χ4v) is 0.959. The van der Waals surface area contributed by atoms with Crippen LogP contribution in [-0.4, -0.2) is 12.6 Å². The molecule has 0 unspecified atom stereocenters. The lowest BCUT2D eigenvalue weighted by Gasteiger charge is -2.09. The SMILES string of the molecule is Nc1cc(OC(F)(F)F)ccc1C#CC=O. The largest absolute Gasteiger partial charge is 0.573 e. The third kappa shape index (κ3) is 3.53. The zero-order chi connectivity index (χ0) is 12.2. The number of carbonyl (C=O) groups is 1. The molecular weight excluding hydrogens is 223 g/mol. The second-order valence-corrected chi connectivity index (χ2v) is 2.68. The van der Waals surface area contributed by atoms with Crippen LogP contribution in [0.2, 0.25) is 0 Å². The zero-order valence-corrected chi connectivity index (χ0v) is 7.84. The second-order valence-electron chi connectivity index (χ2n) is 2.68. The van der Waals surface area contributed by atoms with Crippen LogP contribution in [0.1, 0.15) is 5.56 Å². The highest BCUT2D eigenvalue weighted by atomic mass is 19.4. The van der Waals surface area contributed by atoms with E-state index in [1.54, 1.807) is 0 Å². The number of anilines is 1. The fourth-order valence-electron chi connectivity index (χ4n) is 0.959. The summed E-state index contributed by atoms with van der Waals surface area (Å²) in [5.41, 5.74) is 5.69. The molecule has 0 amide bonds. The van der Waals surface area contributed by atoms with Gasteiger partial charge in [0.15, 0.2) is 6.29 Å². The summed E-state index contributed by atoms with van der Waals surface area (Å²) in [6.45, 7) is 0. The summed E-state index contributed by atoms with van der Waals surface area (Å²) in [4.78, 5) is 9.96. The predicted octanol–water partition coefficient (Wildman–Crippen LogP) is 1.72. The summed E-state index contributed by atoms with van der Waals surface area (Å²) >= 11 is 0. The van der Waals surface area contributed by atoms with Crippen LogP contribution in [0.5, 0.6) is 5.75 Å². The van der Waals surface area contributed by atoms with E-state index in [4.69, 9.17) is 5.73 Å². The molecule has 16 heavy (non-hydrogen) atoms. The molecule has 1 aromatic carbocycles.